The maximum absolute atomic E-state index is 12.2. The molecule has 8 heteroatoms. The van der Waals surface area contributed by atoms with Crippen LogP contribution in [0.2, 0.25) is 0 Å². The summed E-state index contributed by atoms with van der Waals surface area (Å²) in [6, 6.07) is 0.144. The van der Waals surface area contributed by atoms with E-state index in [1.54, 1.807) is 14.0 Å². The highest BCUT2D eigenvalue weighted by atomic mass is 35.5. The molecule has 1 aromatic heterocycles. The van der Waals surface area contributed by atoms with E-state index in [1.807, 2.05) is 0 Å². The van der Waals surface area contributed by atoms with Crippen LogP contribution < -0.4 is 5.32 Å². The molecule has 1 N–H and O–H groups in total. The van der Waals surface area contributed by atoms with Crippen LogP contribution in [-0.4, -0.2) is 60.5 Å². The smallest absolute Gasteiger partial charge is 0.275 e. The fourth-order valence-electron chi connectivity index (χ4n) is 2.86. The number of nitrogens with one attached hydrogen (secondary N) is 1. The van der Waals surface area contributed by atoms with Gasteiger partial charge in [-0.25, -0.2) is 4.63 Å². The average Bonchev–Trinajstić information content (AvgIpc) is 3.04. The summed E-state index contributed by atoms with van der Waals surface area (Å²) in [5.41, 5.74) is 0.800. The van der Waals surface area contributed by atoms with Crippen LogP contribution in [0.15, 0.2) is 4.63 Å². The number of methoxy groups -OCH3 is 1. The van der Waals surface area contributed by atoms with Crippen LogP contribution in [0.5, 0.6) is 0 Å². The van der Waals surface area contributed by atoms with Gasteiger partial charge >= 0.3 is 0 Å². The first kappa shape index (κ1) is 18.9. The van der Waals surface area contributed by atoms with Gasteiger partial charge in [0.15, 0.2) is 5.69 Å². The Morgan fingerprint density at radius 1 is 1.45 bits per heavy atom. The first-order valence-corrected chi connectivity index (χ1v) is 7.47. The number of halogens is 1. The lowest BCUT2D eigenvalue weighted by Crippen LogP contribution is -2.41. The number of aryl methyl sites for hydroxylation is 1. The molecule has 0 aromatic carbocycles. The van der Waals surface area contributed by atoms with Crippen molar-refractivity contribution < 1.29 is 14.2 Å². The number of hydrogen-bond donors (Lipinski definition) is 1. The number of carbonyl (C=O) groups excluding carboxylic acids is 1. The molecule has 1 aliphatic rings. The van der Waals surface area contributed by atoms with Gasteiger partial charge in [-0.2, -0.15) is 0 Å². The predicted molar refractivity (Wildman–Crippen MR) is 84.3 cm³/mol. The van der Waals surface area contributed by atoms with Gasteiger partial charge in [-0.1, -0.05) is 18.5 Å². The van der Waals surface area contributed by atoms with E-state index in [9.17, 15) is 4.79 Å². The minimum Gasteiger partial charge on any atom is -0.383 e. The highest BCUT2D eigenvalue weighted by Gasteiger charge is 2.33. The molecule has 2 rings (SSSR count). The summed E-state index contributed by atoms with van der Waals surface area (Å²) < 4.78 is 9.72. The van der Waals surface area contributed by atoms with Crippen LogP contribution in [0.25, 0.3) is 0 Å². The third-order valence-electron chi connectivity index (χ3n) is 3.97. The quantitative estimate of drug-likeness (QED) is 0.810. The molecule has 1 fully saturated rings. The largest absolute Gasteiger partial charge is 0.383 e. The highest BCUT2D eigenvalue weighted by Crippen LogP contribution is 2.22. The second kappa shape index (κ2) is 9.07. The Hall–Kier alpha value is -1.18. The lowest BCUT2D eigenvalue weighted by Gasteiger charge is -2.18. The Kier molecular flexibility index (Phi) is 7.78. The molecule has 1 aliphatic heterocycles. The maximum Gasteiger partial charge on any atom is 0.275 e. The topological polar surface area (TPSA) is 80.5 Å². The fourth-order valence-corrected chi connectivity index (χ4v) is 2.86. The summed E-state index contributed by atoms with van der Waals surface area (Å²) in [5, 5.41) is 10.4. The Labute approximate surface area is 137 Å². The summed E-state index contributed by atoms with van der Waals surface area (Å²) in [4.78, 5) is 14.6. The Bertz CT molecular complexity index is 469. The number of carbonyl (C=O) groups is 1. The van der Waals surface area contributed by atoms with Crippen molar-refractivity contribution in [1.29, 1.82) is 0 Å². The molecule has 0 radical (unpaired) electrons. The number of aromatic nitrogens is 2. The molecule has 0 bridgehead atoms. The summed E-state index contributed by atoms with van der Waals surface area (Å²) in [6.07, 6.45) is 2.21. The van der Waals surface area contributed by atoms with Gasteiger partial charge in [-0.3, -0.25) is 9.69 Å². The molecule has 7 nitrogen and oxygen atoms in total. The molecule has 2 heterocycles. The van der Waals surface area contributed by atoms with Crippen LogP contribution in [-0.2, 0) is 4.74 Å². The fraction of sp³-hybridized carbons (Fsp3) is 0.786. The summed E-state index contributed by atoms with van der Waals surface area (Å²) in [5.74, 6) is 0.268. The van der Waals surface area contributed by atoms with Crippen LogP contribution in [0.3, 0.4) is 0 Å². The van der Waals surface area contributed by atoms with E-state index in [2.05, 4.69) is 32.1 Å². The van der Waals surface area contributed by atoms with Crippen molar-refractivity contribution in [2.45, 2.75) is 32.7 Å². The number of nitrogens with zero attached hydrogens (tertiary/aromatic N) is 3. The third kappa shape index (κ3) is 4.66. The summed E-state index contributed by atoms with van der Waals surface area (Å²) in [6.45, 7) is 7.35. The van der Waals surface area contributed by atoms with Crippen molar-refractivity contribution in [3.05, 3.63) is 11.4 Å². The van der Waals surface area contributed by atoms with Crippen molar-refractivity contribution in [2.75, 3.05) is 33.4 Å². The second-order valence-corrected chi connectivity index (χ2v) is 5.58. The molecule has 22 heavy (non-hydrogen) atoms. The zero-order valence-electron chi connectivity index (χ0n) is 13.4. The van der Waals surface area contributed by atoms with E-state index in [0.29, 0.717) is 18.2 Å². The van der Waals surface area contributed by atoms with Crippen LogP contribution >= 0.6 is 12.4 Å². The third-order valence-corrected chi connectivity index (χ3v) is 3.97. The zero-order chi connectivity index (χ0) is 15.2. The monoisotopic (exact) mass is 332 g/mol. The minimum atomic E-state index is -0.201. The molecule has 1 aromatic rings. The normalized spacial score (nSPS) is 21.6. The Morgan fingerprint density at radius 2 is 2.23 bits per heavy atom. The van der Waals surface area contributed by atoms with E-state index in [-0.39, 0.29) is 30.0 Å². The molecule has 1 amide bonds. The van der Waals surface area contributed by atoms with Crippen molar-refractivity contribution in [3.8, 4) is 0 Å². The summed E-state index contributed by atoms with van der Waals surface area (Å²) in [7, 11) is 1.71. The van der Waals surface area contributed by atoms with E-state index in [4.69, 9.17) is 4.74 Å². The second-order valence-electron chi connectivity index (χ2n) is 5.58. The van der Waals surface area contributed by atoms with Crippen LogP contribution in [0, 0.1) is 12.8 Å². The van der Waals surface area contributed by atoms with Gasteiger partial charge in [0.1, 0.15) is 5.69 Å². The molecule has 0 spiro atoms. The van der Waals surface area contributed by atoms with E-state index in [1.165, 1.54) is 0 Å². The molecule has 0 aliphatic carbocycles. The number of amides is 1. The van der Waals surface area contributed by atoms with E-state index < -0.39 is 0 Å². The Balaban J connectivity index is 0.00000242. The van der Waals surface area contributed by atoms with Crippen molar-refractivity contribution in [1.82, 2.24) is 20.5 Å². The number of likely N-dealkylation sites (tertiary alicyclic amines) is 1. The van der Waals surface area contributed by atoms with Crippen LogP contribution in [0.1, 0.15) is 35.9 Å². The van der Waals surface area contributed by atoms with E-state index in [0.717, 1.165) is 32.5 Å². The van der Waals surface area contributed by atoms with Gasteiger partial charge in [0.2, 0.25) is 0 Å². The number of rotatable bonds is 7. The molecule has 0 saturated carbocycles. The first-order valence-electron chi connectivity index (χ1n) is 7.47. The Morgan fingerprint density at radius 3 is 2.82 bits per heavy atom. The average molecular weight is 333 g/mol. The van der Waals surface area contributed by atoms with Gasteiger partial charge in [-0.05, 0) is 24.4 Å². The van der Waals surface area contributed by atoms with Gasteiger partial charge in [0.05, 0.1) is 6.61 Å². The zero-order valence-corrected chi connectivity index (χ0v) is 14.2. The van der Waals surface area contributed by atoms with Crippen molar-refractivity contribution in [2.24, 2.45) is 5.92 Å². The van der Waals surface area contributed by atoms with Crippen molar-refractivity contribution in [3.63, 3.8) is 0 Å². The van der Waals surface area contributed by atoms with Gasteiger partial charge in [-0.15, -0.1) is 12.4 Å². The van der Waals surface area contributed by atoms with Crippen molar-refractivity contribution >= 4 is 18.3 Å². The molecule has 1 saturated heterocycles. The number of ether oxygens (including phenoxy) is 1. The maximum atomic E-state index is 12.2. The molecule has 126 valence electrons. The van der Waals surface area contributed by atoms with Gasteiger partial charge in [0, 0.05) is 32.8 Å². The summed E-state index contributed by atoms with van der Waals surface area (Å²) >= 11 is 0. The first-order chi connectivity index (χ1) is 10.2. The van der Waals surface area contributed by atoms with Gasteiger partial charge in [0.25, 0.3) is 5.91 Å². The molecule has 0 unspecified atom stereocenters. The minimum absolute atomic E-state index is 0. The predicted octanol–water partition coefficient (Wildman–Crippen LogP) is 1.28. The van der Waals surface area contributed by atoms with Crippen LogP contribution in [0.4, 0.5) is 0 Å². The highest BCUT2D eigenvalue weighted by molar-refractivity contribution is 5.93. The lowest BCUT2D eigenvalue weighted by atomic mass is 9.98. The standard InChI is InChI=1S/C14H24N4O3.ClH/c1-4-5-11-8-18(6-7-20-3)9-12(11)15-14(19)13-10(2)16-21-17-13;/h11-12H,4-9H2,1-3H3,(H,15,19);1H/t11-,12-;/m0./s1. The van der Waals surface area contributed by atoms with Gasteiger partial charge < -0.3 is 10.1 Å². The lowest BCUT2D eigenvalue weighted by molar-refractivity contribution is 0.0918. The molecule has 2 atom stereocenters. The SMILES string of the molecule is CCC[C@H]1CN(CCOC)C[C@@H]1NC(=O)c1nonc1C.Cl. The molecular formula is C14H25ClN4O3. The van der Waals surface area contributed by atoms with E-state index >= 15 is 0 Å². The number of hydrogen-bond acceptors (Lipinski definition) is 6. The molecular weight excluding hydrogens is 308 g/mol.